The molecule has 0 aromatic heterocycles. The van der Waals surface area contributed by atoms with Crippen LogP contribution in [0.3, 0.4) is 0 Å². The molecule has 66 valence electrons. The molecule has 0 fully saturated rings. The lowest BCUT2D eigenvalue weighted by atomic mass is 10.4. The Balaban J connectivity index is 3.22. The second-order valence-electron chi connectivity index (χ2n) is 4.32. The molecule has 0 aromatic carbocycles. The number of hydrogen-bond donors (Lipinski definition) is 0. The summed E-state index contributed by atoms with van der Waals surface area (Å²) >= 11 is 0. The molecule has 11 heavy (non-hydrogen) atoms. The summed E-state index contributed by atoms with van der Waals surface area (Å²) in [7, 11) is -0.884. The fraction of sp³-hybridized carbons (Fsp3) is 0.778. The van der Waals surface area contributed by atoms with Crippen molar-refractivity contribution in [2.75, 3.05) is 13.2 Å². The van der Waals surface area contributed by atoms with Gasteiger partial charge in [0.25, 0.3) is 0 Å². The topological polar surface area (TPSA) is 9.23 Å². The molecule has 0 bridgehead atoms. The average Bonchev–Trinajstić information content (AvgIpc) is 1.78. The summed E-state index contributed by atoms with van der Waals surface area (Å²) in [6, 6.07) is 1.25. The Bertz CT molecular complexity index is 124. The number of hydrogen-bond acceptors (Lipinski definition) is 1. The maximum atomic E-state index is 5.41. The SMILES string of the molecule is C=C(C)COCC[Si](C)(C)C. The molecular formula is C9H20OSi. The van der Waals surface area contributed by atoms with E-state index in [9.17, 15) is 0 Å². The van der Waals surface area contributed by atoms with E-state index in [1.165, 1.54) is 6.04 Å². The Labute approximate surface area is 71.5 Å². The van der Waals surface area contributed by atoms with Crippen LogP contribution in [0.4, 0.5) is 0 Å². The molecule has 0 aliphatic rings. The van der Waals surface area contributed by atoms with Gasteiger partial charge in [0.05, 0.1) is 6.61 Å². The van der Waals surface area contributed by atoms with Crippen molar-refractivity contribution in [3.8, 4) is 0 Å². The van der Waals surface area contributed by atoms with Crippen molar-refractivity contribution in [2.24, 2.45) is 0 Å². The van der Waals surface area contributed by atoms with E-state index in [4.69, 9.17) is 4.74 Å². The third-order valence-corrected chi connectivity index (χ3v) is 3.05. The first-order chi connectivity index (χ1) is 4.92. The summed E-state index contributed by atoms with van der Waals surface area (Å²) in [6.45, 7) is 14.5. The summed E-state index contributed by atoms with van der Waals surface area (Å²) in [5.74, 6) is 0. The fourth-order valence-electron chi connectivity index (χ4n) is 0.625. The summed E-state index contributed by atoms with van der Waals surface area (Å²) in [6.07, 6.45) is 0. The van der Waals surface area contributed by atoms with E-state index in [2.05, 4.69) is 26.2 Å². The van der Waals surface area contributed by atoms with Crippen LogP contribution in [-0.4, -0.2) is 21.3 Å². The second-order valence-corrected chi connectivity index (χ2v) is 9.94. The van der Waals surface area contributed by atoms with Gasteiger partial charge in [0, 0.05) is 14.7 Å². The van der Waals surface area contributed by atoms with Crippen molar-refractivity contribution in [1.29, 1.82) is 0 Å². The molecule has 0 rings (SSSR count). The van der Waals surface area contributed by atoms with Gasteiger partial charge in [-0.05, 0) is 13.0 Å². The van der Waals surface area contributed by atoms with Gasteiger partial charge in [-0.15, -0.1) is 0 Å². The Morgan fingerprint density at radius 3 is 2.27 bits per heavy atom. The van der Waals surface area contributed by atoms with Crippen LogP contribution in [0.15, 0.2) is 12.2 Å². The molecule has 0 aliphatic carbocycles. The summed E-state index contributed by atoms with van der Waals surface area (Å²) in [5, 5.41) is 0. The molecule has 0 saturated heterocycles. The van der Waals surface area contributed by atoms with E-state index in [0.717, 1.165) is 18.8 Å². The van der Waals surface area contributed by atoms with E-state index >= 15 is 0 Å². The molecule has 0 aromatic rings. The lowest BCUT2D eigenvalue weighted by Gasteiger charge is -2.15. The fourth-order valence-corrected chi connectivity index (χ4v) is 1.38. The quantitative estimate of drug-likeness (QED) is 0.352. The Morgan fingerprint density at radius 2 is 1.91 bits per heavy atom. The van der Waals surface area contributed by atoms with Gasteiger partial charge in [0.1, 0.15) is 0 Å². The van der Waals surface area contributed by atoms with Crippen LogP contribution in [0.2, 0.25) is 25.7 Å². The maximum absolute atomic E-state index is 5.41. The van der Waals surface area contributed by atoms with Gasteiger partial charge < -0.3 is 4.74 Å². The average molecular weight is 172 g/mol. The molecule has 1 nitrogen and oxygen atoms in total. The van der Waals surface area contributed by atoms with Gasteiger partial charge in [0.2, 0.25) is 0 Å². The highest BCUT2D eigenvalue weighted by Gasteiger charge is 2.11. The molecule has 0 saturated carbocycles. The minimum absolute atomic E-state index is 0.727. The van der Waals surface area contributed by atoms with E-state index in [0.29, 0.717) is 0 Å². The summed E-state index contributed by atoms with van der Waals surface area (Å²) < 4.78 is 5.41. The van der Waals surface area contributed by atoms with Crippen molar-refractivity contribution < 1.29 is 4.74 Å². The maximum Gasteiger partial charge on any atom is 0.0671 e. The van der Waals surface area contributed by atoms with Crippen LogP contribution in [0.25, 0.3) is 0 Å². The zero-order valence-electron chi connectivity index (χ0n) is 8.24. The van der Waals surface area contributed by atoms with Crippen molar-refractivity contribution in [1.82, 2.24) is 0 Å². The molecule has 0 spiro atoms. The highest BCUT2D eigenvalue weighted by molar-refractivity contribution is 6.76. The largest absolute Gasteiger partial charge is 0.377 e. The first-order valence-corrected chi connectivity index (χ1v) is 7.85. The molecule has 0 amide bonds. The van der Waals surface area contributed by atoms with Gasteiger partial charge >= 0.3 is 0 Å². The Hall–Kier alpha value is -0.0831. The molecule has 0 aliphatic heterocycles. The highest BCUT2D eigenvalue weighted by Crippen LogP contribution is 2.07. The van der Waals surface area contributed by atoms with Gasteiger partial charge in [-0.25, -0.2) is 0 Å². The van der Waals surface area contributed by atoms with Crippen LogP contribution in [0.1, 0.15) is 6.92 Å². The third-order valence-electron chi connectivity index (χ3n) is 1.34. The molecule has 2 heteroatoms. The minimum atomic E-state index is -0.884. The van der Waals surface area contributed by atoms with Crippen LogP contribution in [0, 0.1) is 0 Å². The highest BCUT2D eigenvalue weighted by atomic mass is 28.3. The lowest BCUT2D eigenvalue weighted by Crippen LogP contribution is -2.21. The van der Waals surface area contributed by atoms with E-state index in [1.807, 2.05) is 6.92 Å². The van der Waals surface area contributed by atoms with Crippen LogP contribution in [-0.2, 0) is 4.74 Å². The molecule has 0 heterocycles. The minimum Gasteiger partial charge on any atom is -0.377 e. The summed E-state index contributed by atoms with van der Waals surface area (Å²) in [5.41, 5.74) is 1.11. The molecule has 0 unspecified atom stereocenters. The smallest absolute Gasteiger partial charge is 0.0671 e. The van der Waals surface area contributed by atoms with Crippen molar-refractivity contribution in [3.63, 3.8) is 0 Å². The molecule has 0 N–H and O–H groups in total. The monoisotopic (exact) mass is 172 g/mol. The first-order valence-electron chi connectivity index (χ1n) is 4.14. The van der Waals surface area contributed by atoms with E-state index < -0.39 is 8.07 Å². The Morgan fingerprint density at radius 1 is 1.36 bits per heavy atom. The Kier molecular flexibility index (Phi) is 4.69. The predicted octanol–water partition coefficient (Wildman–Crippen LogP) is 2.92. The van der Waals surface area contributed by atoms with Crippen molar-refractivity contribution in [3.05, 3.63) is 12.2 Å². The zero-order chi connectivity index (χ0) is 8.91. The number of rotatable bonds is 5. The zero-order valence-corrected chi connectivity index (χ0v) is 9.24. The van der Waals surface area contributed by atoms with Gasteiger partial charge in [-0.2, -0.15) is 0 Å². The molecule has 0 atom stereocenters. The van der Waals surface area contributed by atoms with Crippen molar-refractivity contribution >= 4 is 8.07 Å². The summed E-state index contributed by atoms with van der Waals surface area (Å²) in [4.78, 5) is 0. The van der Waals surface area contributed by atoms with Crippen molar-refractivity contribution in [2.45, 2.75) is 32.6 Å². The second kappa shape index (κ2) is 4.73. The van der Waals surface area contributed by atoms with Gasteiger partial charge in [-0.3, -0.25) is 0 Å². The first kappa shape index (κ1) is 10.9. The van der Waals surface area contributed by atoms with Crippen LogP contribution < -0.4 is 0 Å². The standard InChI is InChI=1S/C9H20OSi/c1-9(2)8-10-6-7-11(3,4)5/h1,6-8H2,2-5H3. The van der Waals surface area contributed by atoms with Gasteiger partial charge in [0.15, 0.2) is 0 Å². The third kappa shape index (κ3) is 9.92. The van der Waals surface area contributed by atoms with Gasteiger partial charge in [-0.1, -0.05) is 31.8 Å². The molecular weight excluding hydrogens is 152 g/mol. The predicted molar refractivity (Wildman–Crippen MR) is 53.8 cm³/mol. The van der Waals surface area contributed by atoms with E-state index in [1.54, 1.807) is 0 Å². The number of ether oxygens (including phenoxy) is 1. The van der Waals surface area contributed by atoms with Crippen LogP contribution >= 0.6 is 0 Å². The normalized spacial score (nSPS) is 11.6. The lowest BCUT2D eigenvalue weighted by molar-refractivity contribution is 0.170. The van der Waals surface area contributed by atoms with E-state index in [-0.39, 0.29) is 0 Å². The molecule has 0 radical (unpaired) electrons. The van der Waals surface area contributed by atoms with Crippen LogP contribution in [0.5, 0.6) is 0 Å².